The molecule has 1 aliphatic rings. The highest BCUT2D eigenvalue weighted by Crippen LogP contribution is 2.26. The number of ketones is 1. The Morgan fingerprint density at radius 1 is 1.62 bits per heavy atom. The smallest absolute Gasteiger partial charge is 0.168 e. The summed E-state index contributed by atoms with van der Waals surface area (Å²) < 4.78 is 0. The van der Waals surface area contributed by atoms with Crippen LogP contribution in [0.25, 0.3) is 0 Å². The van der Waals surface area contributed by atoms with Gasteiger partial charge in [-0.2, -0.15) is 11.8 Å². The van der Waals surface area contributed by atoms with Crippen LogP contribution in [0.2, 0.25) is 0 Å². The predicted octanol–water partition coefficient (Wildman–Crippen LogP) is 2.02. The Labute approximate surface area is 81.8 Å². The van der Waals surface area contributed by atoms with Crippen molar-refractivity contribution in [2.45, 2.75) is 6.42 Å². The molecule has 2 rings (SSSR count). The van der Waals surface area contributed by atoms with Gasteiger partial charge in [-0.3, -0.25) is 9.78 Å². The Morgan fingerprint density at radius 3 is 3.15 bits per heavy atom. The van der Waals surface area contributed by atoms with E-state index in [1.54, 1.807) is 12.4 Å². The number of Topliss-reactive ketones (excluding diaryl/α,β-unsaturated/α-hetero) is 1. The molecule has 1 aliphatic heterocycles. The Hall–Kier alpha value is -0.830. The lowest BCUT2D eigenvalue weighted by Crippen LogP contribution is -2.13. The molecule has 1 saturated heterocycles. The normalized spacial score (nSPS) is 21.7. The molecule has 0 aromatic carbocycles. The monoisotopic (exact) mass is 193 g/mol. The van der Waals surface area contributed by atoms with Crippen LogP contribution >= 0.6 is 11.8 Å². The zero-order valence-corrected chi connectivity index (χ0v) is 8.09. The van der Waals surface area contributed by atoms with Crippen LogP contribution in [0, 0.1) is 5.92 Å². The zero-order chi connectivity index (χ0) is 9.10. The van der Waals surface area contributed by atoms with E-state index in [9.17, 15) is 4.79 Å². The first-order chi connectivity index (χ1) is 6.38. The second kappa shape index (κ2) is 3.92. The third-order valence-electron chi connectivity index (χ3n) is 2.25. The summed E-state index contributed by atoms with van der Waals surface area (Å²) in [5.74, 6) is 2.59. The number of thioether (sulfide) groups is 1. The van der Waals surface area contributed by atoms with Crippen molar-refractivity contribution >= 4 is 17.5 Å². The molecule has 0 N–H and O–H groups in total. The van der Waals surface area contributed by atoms with E-state index in [2.05, 4.69) is 4.98 Å². The molecule has 1 fully saturated rings. The van der Waals surface area contributed by atoms with Gasteiger partial charge in [0.25, 0.3) is 0 Å². The topological polar surface area (TPSA) is 30.0 Å². The third-order valence-corrected chi connectivity index (χ3v) is 3.41. The van der Waals surface area contributed by atoms with Gasteiger partial charge in [-0.1, -0.05) is 0 Å². The number of rotatable bonds is 2. The minimum atomic E-state index is 0.231. The van der Waals surface area contributed by atoms with E-state index in [0.717, 1.165) is 23.5 Å². The van der Waals surface area contributed by atoms with Crippen LogP contribution in [0.15, 0.2) is 24.5 Å². The Morgan fingerprint density at radius 2 is 2.54 bits per heavy atom. The van der Waals surface area contributed by atoms with Crippen LogP contribution in [0.3, 0.4) is 0 Å². The number of hydrogen-bond acceptors (Lipinski definition) is 3. The molecule has 1 unspecified atom stereocenters. The summed E-state index contributed by atoms with van der Waals surface area (Å²) in [6.45, 7) is 0. The van der Waals surface area contributed by atoms with Crippen LogP contribution in [0.5, 0.6) is 0 Å². The minimum Gasteiger partial charge on any atom is -0.294 e. The van der Waals surface area contributed by atoms with E-state index in [1.165, 1.54) is 0 Å². The van der Waals surface area contributed by atoms with Gasteiger partial charge >= 0.3 is 0 Å². The number of carbonyl (C=O) groups is 1. The molecule has 0 spiro atoms. The van der Waals surface area contributed by atoms with Crippen LogP contribution in [0.1, 0.15) is 16.8 Å². The fraction of sp³-hybridized carbons (Fsp3) is 0.400. The minimum absolute atomic E-state index is 0.231. The highest BCUT2D eigenvalue weighted by atomic mass is 32.2. The number of pyridine rings is 1. The van der Waals surface area contributed by atoms with Gasteiger partial charge in [-0.25, -0.2) is 0 Å². The maximum atomic E-state index is 11.8. The van der Waals surface area contributed by atoms with E-state index in [-0.39, 0.29) is 11.7 Å². The van der Waals surface area contributed by atoms with Crippen molar-refractivity contribution in [1.29, 1.82) is 0 Å². The van der Waals surface area contributed by atoms with Crippen molar-refractivity contribution in [3.05, 3.63) is 30.1 Å². The molecule has 1 aromatic rings. The largest absolute Gasteiger partial charge is 0.294 e. The molecular weight excluding hydrogens is 182 g/mol. The van der Waals surface area contributed by atoms with Crippen molar-refractivity contribution in [1.82, 2.24) is 4.98 Å². The third kappa shape index (κ3) is 1.91. The highest BCUT2D eigenvalue weighted by Gasteiger charge is 2.23. The Kier molecular flexibility index (Phi) is 2.64. The summed E-state index contributed by atoms with van der Waals surface area (Å²) in [6, 6.07) is 3.66. The van der Waals surface area contributed by atoms with E-state index in [0.29, 0.717) is 0 Å². The summed E-state index contributed by atoms with van der Waals surface area (Å²) >= 11 is 1.86. The Balaban J connectivity index is 2.13. The maximum Gasteiger partial charge on any atom is 0.168 e. The molecule has 0 saturated carbocycles. The van der Waals surface area contributed by atoms with Gasteiger partial charge < -0.3 is 0 Å². The molecule has 2 heterocycles. The molecule has 13 heavy (non-hydrogen) atoms. The average molecular weight is 193 g/mol. The van der Waals surface area contributed by atoms with Crippen LogP contribution in [-0.2, 0) is 0 Å². The second-order valence-electron chi connectivity index (χ2n) is 3.17. The number of nitrogens with zero attached hydrogens (tertiary/aromatic N) is 1. The molecule has 1 aromatic heterocycles. The van der Waals surface area contributed by atoms with Crippen LogP contribution in [-0.4, -0.2) is 22.3 Å². The lowest BCUT2D eigenvalue weighted by molar-refractivity contribution is 0.0933. The lowest BCUT2D eigenvalue weighted by Gasteiger charge is -2.05. The molecule has 1 atom stereocenters. The predicted molar refractivity (Wildman–Crippen MR) is 54.0 cm³/mol. The quantitative estimate of drug-likeness (QED) is 0.673. The first-order valence-corrected chi connectivity index (χ1v) is 5.55. The van der Waals surface area contributed by atoms with E-state index in [4.69, 9.17) is 0 Å². The fourth-order valence-electron chi connectivity index (χ4n) is 1.49. The first-order valence-electron chi connectivity index (χ1n) is 4.40. The molecule has 0 aliphatic carbocycles. The van der Waals surface area contributed by atoms with E-state index < -0.39 is 0 Å². The molecule has 0 amide bonds. The van der Waals surface area contributed by atoms with Gasteiger partial charge in [-0.15, -0.1) is 0 Å². The summed E-state index contributed by atoms with van der Waals surface area (Å²) in [6.07, 6.45) is 4.38. The standard InChI is InChI=1S/C10H11NOS/c12-10(9-3-5-13-7-9)8-2-1-4-11-6-8/h1-2,4,6,9H,3,5,7H2. The summed E-state index contributed by atoms with van der Waals surface area (Å²) in [5, 5.41) is 0. The summed E-state index contributed by atoms with van der Waals surface area (Å²) in [4.78, 5) is 15.7. The van der Waals surface area contributed by atoms with Gasteiger partial charge in [0.15, 0.2) is 5.78 Å². The average Bonchev–Trinajstić information content (AvgIpc) is 2.71. The molecule has 68 valence electrons. The van der Waals surface area contributed by atoms with Crippen molar-refractivity contribution in [2.75, 3.05) is 11.5 Å². The number of carbonyl (C=O) groups excluding carboxylic acids is 1. The molecule has 0 radical (unpaired) electrons. The SMILES string of the molecule is O=C(c1cccnc1)C1CCSC1. The van der Waals surface area contributed by atoms with Crippen LogP contribution in [0.4, 0.5) is 0 Å². The van der Waals surface area contributed by atoms with Gasteiger partial charge in [0.2, 0.25) is 0 Å². The van der Waals surface area contributed by atoms with Gasteiger partial charge in [-0.05, 0) is 24.3 Å². The van der Waals surface area contributed by atoms with Crippen molar-refractivity contribution in [2.24, 2.45) is 5.92 Å². The second-order valence-corrected chi connectivity index (χ2v) is 4.32. The van der Waals surface area contributed by atoms with Crippen molar-refractivity contribution in [3.63, 3.8) is 0 Å². The Bertz CT molecular complexity index is 293. The van der Waals surface area contributed by atoms with Crippen molar-refractivity contribution in [3.8, 4) is 0 Å². The molecule has 0 bridgehead atoms. The van der Waals surface area contributed by atoms with Gasteiger partial charge in [0.1, 0.15) is 0 Å². The molecule has 3 heteroatoms. The molecule has 2 nitrogen and oxygen atoms in total. The number of aromatic nitrogens is 1. The van der Waals surface area contributed by atoms with E-state index >= 15 is 0 Å². The molecular formula is C10H11NOS. The highest BCUT2D eigenvalue weighted by molar-refractivity contribution is 7.99. The summed E-state index contributed by atoms with van der Waals surface area (Å²) in [5.41, 5.74) is 0.759. The zero-order valence-electron chi connectivity index (χ0n) is 7.27. The first kappa shape index (κ1) is 8.75. The van der Waals surface area contributed by atoms with Crippen LogP contribution < -0.4 is 0 Å². The van der Waals surface area contributed by atoms with E-state index in [1.807, 2.05) is 23.9 Å². The van der Waals surface area contributed by atoms with Gasteiger partial charge in [0, 0.05) is 29.6 Å². The number of hydrogen-bond donors (Lipinski definition) is 0. The van der Waals surface area contributed by atoms with Gasteiger partial charge in [0.05, 0.1) is 0 Å². The summed E-state index contributed by atoms with van der Waals surface area (Å²) in [7, 11) is 0. The fourth-order valence-corrected chi connectivity index (χ4v) is 2.71. The maximum absolute atomic E-state index is 11.8. The lowest BCUT2D eigenvalue weighted by atomic mass is 9.99. The van der Waals surface area contributed by atoms with Crippen molar-refractivity contribution < 1.29 is 4.79 Å².